The zero-order valence-electron chi connectivity index (χ0n) is 12.4. The Kier molecular flexibility index (Phi) is 3.28. The molecule has 5 nitrogen and oxygen atoms in total. The van der Waals surface area contributed by atoms with Crippen LogP contribution in [-0.2, 0) is 9.53 Å². The van der Waals surface area contributed by atoms with E-state index in [-0.39, 0.29) is 11.8 Å². The molecule has 5 fully saturated rings. The molecular formula is C16H25NO4. The zero-order valence-corrected chi connectivity index (χ0v) is 12.4. The van der Waals surface area contributed by atoms with Crippen LogP contribution in [0, 0.1) is 23.7 Å². The first-order valence-electron chi connectivity index (χ1n) is 8.36. The van der Waals surface area contributed by atoms with Crippen LogP contribution in [0.2, 0.25) is 0 Å². The summed E-state index contributed by atoms with van der Waals surface area (Å²) in [6.07, 6.45) is 5.41. The van der Waals surface area contributed by atoms with Gasteiger partial charge >= 0.3 is 5.97 Å². The lowest BCUT2D eigenvalue weighted by Crippen LogP contribution is -2.70. The highest BCUT2D eigenvalue weighted by atomic mass is 16.5. The number of carboxylic acid groups (broad SMARTS) is 1. The van der Waals surface area contributed by atoms with E-state index in [1.807, 2.05) is 4.90 Å². The fraction of sp³-hybridized carbons (Fsp3) is 0.938. The minimum Gasteiger partial charge on any atom is -0.480 e. The van der Waals surface area contributed by atoms with Gasteiger partial charge in [0.05, 0.1) is 18.8 Å². The van der Waals surface area contributed by atoms with Crippen LogP contribution in [-0.4, -0.2) is 59.0 Å². The predicted octanol–water partition coefficient (Wildman–Crippen LogP) is 0.959. The maximum absolute atomic E-state index is 12.0. The summed E-state index contributed by atoms with van der Waals surface area (Å²) in [5.74, 6) is 0.959. The average Bonchev–Trinajstić information content (AvgIpc) is 2.45. The van der Waals surface area contributed by atoms with Crippen molar-refractivity contribution >= 4 is 5.97 Å². The number of hydrogen-bond acceptors (Lipinski definition) is 4. The summed E-state index contributed by atoms with van der Waals surface area (Å²) >= 11 is 0. The molecule has 118 valence electrons. The first kappa shape index (κ1) is 14.0. The quantitative estimate of drug-likeness (QED) is 0.811. The Bertz CT molecular complexity index is 404. The van der Waals surface area contributed by atoms with E-state index in [9.17, 15) is 15.0 Å². The fourth-order valence-corrected chi connectivity index (χ4v) is 5.87. The normalized spacial score (nSPS) is 47.5. The van der Waals surface area contributed by atoms with E-state index in [1.54, 1.807) is 0 Å². The Morgan fingerprint density at radius 2 is 1.57 bits per heavy atom. The third-order valence-corrected chi connectivity index (χ3v) is 6.53. The Hall–Kier alpha value is -0.650. The molecule has 1 atom stereocenters. The summed E-state index contributed by atoms with van der Waals surface area (Å²) in [5.41, 5.74) is -1.03. The minimum absolute atomic E-state index is 0.178. The van der Waals surface area contributed by atoms with Crippen molar-refractivity contribution in [1.29, 1.82) is 0 Å². The van der Waals surface area contributed by atoms with Gasteiger partial charge in [0.15, 0.2) is 0 Å². The highest BCUT2D eigenvalue weighted by molar-refractivity contribution is 5.75. The standard InChI is InChI=1S/C16H25NO4/c18-15(19)14(17-1-3-21-4-2-17)16(20)12-6-10-5-11(8-12)9-13(16)7-10/h10-14,20H,1-9H2,(H,18,19). The van der Waals surface area contributed by atoms with Gasteiger partial charge < -0.3 is 14.9 Å². The SMILES string of the molecule is O=C(O)C(N1CCOCC1)C1(O)C2CC3CC(C2)CC1C3. The van der Waals surface area contributed by atoms with Gasteiger partial charge in [0.2, 0.25) is 0 Å². The molecule has 4 saturated carbocycles. The molecule has 0 aromatic rings. The van der Waals surface area contributed by atoms with E-state index in [0.717, 1.165) is 37.5 Å². The van der Waals surface area contributed by atoms with Crippen molar-refractivity contribution in [2.45, 2.75) is 43.7 Å². The van der Waals surface area contributed by atoms with Crippen LogP contribution in [0.25, 0.3) is 0 Å². The van der Waals surface area contributed by atoms with E-state index in [1.165, 1.54) is 6.42 Å². The van der Waals surface area contributed by atoms with E-state index in [0.29, 0.717) is 26.3 Å². The van der Waals surface area contributed by atoms with E-state index >= 15 is 0 Å². The number of nitrogens with zero attached hydrogens (tertiary/aromatic N) is 1. The van der Waals surface area contributed by atoms with Crippen molar-refractivity contribution in [2.24, 2.45) is 23.7 Å². The van der Waals surface area contributed by atoms with Crippen molar-refractivity contribution in [2.75, 3.05) is 26.3 Å². The van der Waals surface area contributed by atoms with Gasteiger partial charge in [-0.05, 0) is 55.8 Å². The maximum Gasteiger partial charge on any atom is 0.323 e. The highest BCUT2D eigenvalue weighted by Crippen LogP contribution is 2.59. The third kappa shape index (κ3) is 2.05. The zero-order chi connectivity index (χ0) is 14.6. The molecule has 4 bridgehead atoms. The number of carboxylic acids is 1. The lowest BCUT2D eigenvalue weighted by atomic mass is 9.48. The van der Waals surface area contributed by atoms with Crippen molar-refractivity contribution in [3.8, 4) is 0 Å². The van der Waals surface area contributed by atoms with Gasteiger partial charge in [-0.1, -0.05) is 0 Å². The van der Waals surface area contributed by atoms with Crippen LogP contribution in [0.1, 0.15) is 32.1 Å². The Morgan fingerprint density at radius 1 is 1.05 bits per heavy atom. The second kappa shape index (κ2) is 4.93. The van der Waals surface area contributed by atoms with E-state index in [4.69, 9.17) is 4.74 Å². The van der Waals surface area contributed by atoms with Gasteiger partial charge in [0.1, 0.15) is 6.04 Å². The molecule has 5 aliphatic rings. The molecule has 5 rings (SSSR count). The van der Waals surface area contributed by atoms with E-state index < -0.39 is 17.6 Å². The van der Waals surface area contributed by atoms with Gasteiger partial charge in [-0.15, -0.1) is 0 Å². The van der Waals surface area contributed by atoms with Gasteiger partial charge in [-0.25, -0.2) is 0 Å². The lowest BCUT2D eigenvalue weighted by Gasteiger charge is -2.61. The first-order chi connectivity index (χ1) is 10.1. The molecule has 0 spiro atoms. The number of ether oxygens (including phenoxy) is 1. The van der Waals surface area contributed by atoms with Crippen molar-refractivity contribution in [3.63, 3.8) is 0 Å². The molecule has 0 aromatic carbocycles. The van der Waals surface area contributed by atoms with Gasteiger partial charge in [0.25, 0.3) is 0 Å². The largest absolute Gasteiger partial charge is 0.480 e. The van der Waals surface area contributed by atoms with Crippen LogP contribution >= 0.6 is 0 Å². The van der Waals surface area contributed by atoms with Crippen molar-refractivity contribution < 1.29 is 19.7 Å². The average molecular weight is 295 g/mol. The van der Waals surface area contributed by atoms with Gasteiger partial charge in [-0.2, -0.15) is 0 Å². The van der Waals surface area contributed by atoms with E-state index in [2.05, 4.69) is 0 Å². The number of carbonyl (C=O) groups is 1. The summed E-state index contributed by atoms with van der Waals surface area (Å²) in [6, 6.07) is -0.753. The summed E-state index contributed by atoms with van der Waals surface area (Å²) in [6.45, 7) is 2.37. The minimum atomic E-state index is -1.03. The summed E-state index contributed by atoms with van der Waals surface area (Å²) in [7, 11) is 0. The number of aliphatic carboxylic acids is 1. The number of hydrogen-bond donors (Lipinski definition) is 2. The fourth-order valence-electron chi connectivity index (χ4n) is 5.87. The molecule has 0 aromatic heterocycles. The van der Waals surface area contributed by atoms with Crippen LogP contribution in [0.4, 0.5) is 0 Å². The van der Waals surface area contributed by atoms with Crippen LogP contribution in [0.5, 0.6) is 0 Å². The lowest BCUT2D eigenvalue weighted by molar-refractivity contribution is -0.218. The summed E-state index contributed by atoms with van der Waals surface area (Å²) < 4.78 is 5.35. The molecule has 21 heavy (non-hydrogen) atoms. The van der Waals surface area contributed by atoms with Gasteiger partial charge in [0, 0.05) is 13.1 Å². The number of morpholine rings is 1. The topological polar surface area (TPSA) is 70.0 Å². The van der Waals surface area contributed by atoms with Crippen LogP contribution < -0.4 is 0 Å². The molecule has 2 N–H and O–H groups in total. The number of rotatable bonds is 3. The molecule has 1 aliphatic heterocycles. The molecule has 1 unspecified atom stereocenters. The Labute approximate surface area is 125 Å². The van der Waals surface area contributed by atoms with Crippen molar-refractivity contribution in [3.05, 3.63) is 0 Å². The maximum atomic E-state index is 12.0. The molecule has 4 aliphatic carbocycles. The predicted molar refractivity (Wildman–Crippen MR) is 75.8 cm³/mol. The Morgan fingerprint density at radius 3 is 2.05 bits per heavy atom. The molecule has 0 amide bonds. The third-order valence-electron chi connectivity index (χ3n) is 6.53. The molecular weight excluding hydrogens is 270 g/mol. The van der Waals surface area contributed by atoms with Crippen LogP contribution in [0.3, 0.4) is 0 Å². The number of aliphatic hydroxyl groups is 1. The highest BCUT2D eigenvalue weighted by Gasteiger charge is 2.62. The monoisotopic (exact) mass is 295 g/mol. The van der Waals surface area contributed by atoms with Crippen LogP contribution in [0.15, 0.2) is 0 Å². The smallest absolute Gasteiger partial charge is 0.323 e. The second-order valence-electron chi connectivity index (χ2n) is 7.58. The molecule has 1 heterocycles. The molecule has 1 saturated heterocycles. The summed E-state index contributed by atoms with van der Waals surface area (Å²) in [5, 5.41) is 21.3. The second-order valence-corrected chi connectivity index (χ2v) is 7.58. The molecule has 0 radical (unpaired) electrons. The summed E-state index contributed by atoms with van der Waals surface area (Å²) in [4.78, 5) is 13.9. The van der Waals surface area contributed by atoms with Crippen molar-refractivity contribution in [1.82, 2.24) is 4.90 Å². The molecule has 5 heteroatoms. The van der Waals surface area contributed by atoms with Gasteiger partial charge in [-0.3, -0.25) is 9.69 Å². The Balaban J connectivity index is 1.66. The first-order valence-corrected chi connectivity index (χ1v) is 8.36.